The molecular weight excluding hydrogens is 198 g/mol. The monoisotopic (exact) mass is 213 g/mol. The van der Waals surface area contributed by atoms with Gasteiger partial charge in [-0.1, -0.05) is 19.9 Å². The minimum absolute atomic E-state index is 0.654. The van der Waals surface area contributed by atoms with Crippen molar-refractivity contribution in [2.45, 2.75) is 25.5 Å². The van der Waals surface area contributed by atoms with E-state index in [1.165, 1.54) is 16.3 Å². The van der Waals surface area contributed by atoms with E-state index >= 15 is 0 Å². The smallest absolute Gasteiger partial charge is 0.108 e. The lowest BCUT2D eigenvalue weighted by Crippen LogP contribution is -2.01. The van der Waals surface area contributed by atoms with E-state index in [0.717, 1.165) is 0 Å². The number of nitrogens with zero attached hydrogens (tertiary/aromatic N) is 1. The van der Waals surface area contributed by atoms with Gasteiger partial charge in [-0.15, -0.1) is 23.1 Å². The van der Waals surface area contributed by atoms with Gasteiger partial charge in [0.15, 0.2) is 0 Å². The number of hydrogen-bond donors (Lipinski definition) is 0. The molecule has 0 aliphatic carbocycles. The Morgan fingerprint density at radius 3 is 2.92 bits per heavy atom. The quantitative estimate of drug-likeness (QED) is 0.551. The summed E-state index contributed by atoms with van der Waals surface area (Å²) >= 11 is 3.62. The van der Waals surface area contributed by atoms with Gasteiger partial charge in [-0.05, 0) is 17.9 Å². The maximum absolute atomic E-state index is 4.31. The topological polar surface area (TPSA) is 12.4 Å². The summed E-state index contributed by atoms with van der Waals surface area (Å²) in [7, 11) is 1.87. The Kier molecular flexibility index (Phi) is 4.53. The zero-order chi connectivity index (χ0) is 9.68. The summed E-state index contributed by atoms with van der Waals surface area (Å²) in [5.74, 6) is 0. The number of thioether (sulfide) groups is 1. The minimum Gasteiger partial charge on any atom is -0.280 e. The van der Waals surface area contributed by atoms with Crippen LogP contribution in [-0.4, -0.2) is 17.3 Å². The van der Waals surface area contributed by atoms with Gasteiger partial charge in [0.05, 0.1) is 4.88 Å². The van der Waals surface area contributed by atoms with Crippen molar-refractivity contribution < 1.29 is 0 Å². The first-order valence-electron chi connectivity index (χ1n) is 4.45. The van der Waals surface area contributed by atoms with Crippen molar-refractivity contribution in [3.63, 3.8) is 0 Å². The molecule has 0 aliphatic rings. The molecule has 1 heterocycles. The van der Waals surface area contributed by atoms with Gasteiger partial charge in [-0.3, -0.25) is 4.99 Å². The molecule has 1 atom stereocenters. The van der Waals surface area contributed by atoms with Crippen molar-refractivity contribution in [1.29, 1.82) is 0 Å². The molecule has 72 valence electrons. The number of rotatable bonds is 3. The molecule has 3 heteroatoms. The Labute approximate surface area is 88.3 Å². The van der Waals surface area contributed by atoms with E-state index in [1.54, 1.807) is 11.3 Å². The average Bonchev–Trinajstić information content (AvgIpc) is 2.66. The number of aliphatic imine (C=N–C) groups is 1. The molecule has 0 aromatic carbocycles. The minimum atomic E-state index is 0.654. The van der Waals surface area contributed by atoms with Crippen LogP contribution in [0, 0.1) is 0 Å². The van der Waals surface area contributed by atoms with E-state index < -0.39 is 0 Å². The third kappa shape index (κ3) is 3.16. The molecule has 1 unspecified atom stereocenters. The Morgan fingerprint density at radius 2 is 2.46 bits per heavy atom. The number of hydrogen-bond acceptors (Lipinski definition) is 3. The van der Waals surface area contributed by atoms with Crippen LogP contribution in [0.15, 0.2) is 22.5 Å². The molecule has 0 aliphatic heterocycles. The molecule has 0 spiro atoms. The van der Waals surface area contributed by atoms with Crippen molar-refractivity contribution >= 4 is 28.1 Å². The van der Waals surface area contributed by atoms with Crippen molar-refractivity contribution in [3.8, 4) is 0 Å². The lowest BCUT2D eigenvalue weighted by atomic mass is 10.4. The van der Waals surface area contributed by atoms with Crippen LogP contribution in [0.4, 0.5) is 0 Å². The molecule has 0 amide bonds. The van der Waals surface area contributed by atoms with Crippen LogP contribution in [-0.2, 0) is 0 Å². The van der Waals surface area contributed by atoms with E-state index in [2.05, 4.69) is 36.4 Å². The SMILES string of the molecule is CCC(C)SC(=NC)c1cccs1. The molecule has 0 N–H and O–H groups in total. The van der Waals surface area contributed by atoms with Crippen LogP contribution in [0.3, 0.4) is 0 Å². The Balaban J connectivity index is 2.65. The molecule has 1 rings (SSSR count). The molecule has 0 bridgehead atoms. The summed E-state index contributed by atoms with van der Waals surface area (Å²) < 4.78 is 0. The zero-order valence-corrected chi connectivity index (χ0v) is 9.91. The second-order valence-corrected chi connectivity index (χ2v) is 5.22. The highest BCUT2D eigenvalue weighted by molar-refractivity contribution is 8.15. The third-order valence-corrected chi connectivity index (χ3v) is 4.19. The first kappa shape index (κ1) is 10.8. The van der Waals surface area contributed by atoms with Crippen LogP contribution >= 0.6 is 23.1 Å². The van der Waals surface area contributed by atoms with Gasteiger partial charge in [0.25, 0.3) is 0 Å². The van der Waals surface area contributed by atoms with E-state index in [4.69, 9.17) is 0 Å². The number of thiophene rings is 1. The Morgan fingerprint density at radius 1 is 1.69 bits per heavy atom. The van der Waals surface area contributed by atoms with E-state index in [9.17, 15) is 0 Å². The largest absolute Gasteiger partial charge is 0.280 e. The fourth-order valence-electron chi connectivity index (χ4n) is 0.895. The fraction of sp³-hybridized carbons (Fsp3) is 0.500. The Bertz CT molecular complexity index is 264. The summed E-state index contributed by atoms with van der Waals surface area (Å²) in [5, 5.41) is 3.92. The lowest BCUT2D eigenvalue weighted by Gasteiger charge is -2.08. The maximum Gasteiger partial charge on any atom is 0.108 e. The molecule has 0 saturated carbocycles. The maximum atomic E-state index is 4.31. The average molecular weight is 213 g/mol. The summed E-state index contributed by atoms with van der Waals surface area (Å²) in [4.78, 5) is 5.59. The predicted octanol–water partition coefficient (Wildman–Crippen LogP) is 3.66. The van der Waals surface area contributed by atoms with Crippen LogP contribution in [0.1, 0.15) is 25.1 Å². The highest BCUT2D eigenvalue weighted by atomic mass is 32.2. The van der Waals surface area contributed by atoms with E-state index in [-0.39, 0.29) is 0 Å². The molecule has 0 radical (unpaired) electrons. The zero-order valence-electron chi connectivity index (χ0n) is 8.28. The van der Waals surface area contributed by atoms with Gasteiger partial charge in [0.1, 0.15) is 5.04 Å². The van der Waals surface area contributed by atoms with Crippen LogP contribution < -0.4 is 0 Å². The van der Waals surface area contributed by atoms with Crippen molar-refractivity contribution in [3.05, 3.63) is 22.4 Å². The second-order valence-electron chi connectivity index (χ2n) is 2.84. The first-order chi connectivity index (χ1) is 6.27. The molecule has 0 saturated heterocycles. The summed E-state index contributed by atoms with van der Waals surface area (Å²) in [6.07, 6.45) is 1.19. The lowest BCUT2D eigenvalue weighted by molar-refractivity contribution is 0.911. The third-order valence-electron chi connectivity index (χ3n) is 1.82. The standard InChI is InChI=1S/C10H15NS2/c1-4-8(2)13-10(11-3)9-6-5-7-12-9/h5-8H,4H2,1-3H3. The van der Waals surface area contributed by atoms with Gasteiger partial charge in [0.2, 0.25) is 0 Å². The van der Waals surface area contributed by atoms with Crippen LogP contribution in [0.2, 0.25) is 0 Å². The van der Waals surface area contributed by atoms with Gasteiger partial charge in [-0.25, -0.2) is 0 Å². The van der Waals surface area contributed by atoms with Crippen LogP contribution in [0.25, 0.3) is 0 Å². The molecule has 0 fully saturated rings. The molecule has 1 nitrogen and oxygen atoms in total. The van der Waals surface area contributed by atoms with Gasteiger partial charge in [0, 0.05) is 12.3 Å². The molecular formula is C10H15NS2. The van der Waals surface area contributed by atoms with Crippen molar-refractivity contribution in [1.82, 2.24) is 0 Å². The summed E-state index contributed by atoms with van der Waals surface area (Å²) in [5.41, 5.74) is 0. The van der Waals surface area contributed by atoms with Crippen LogP contribution in [0.5, 0.6) is 0 Å². The molecule has 13 heavy (non-hydrogen) atoms. The Hall–Kier alpha value is -0.280. The highest BCUT2D eigenvalue weighted by Gasteiger charge is 2.08. The molecule has 1 aromatic rings. The van der Waals surface area contributed by atoms with E-state index in [0.29, 0.717) is 5.25 Å². The molecule has 1 aromatic heterocycles. The van der Waals surface area contributed by atoms with E-state index in [1.807, 2.05) is 18.8 Å². The summed E-state index contributed by atoms with van der Waals surface area (Å²) in [6.45, 7) is 4.45. The first-order valence-corrected chi connectivity index (χ1v) is 6.21. The second kappa shape index (κ2) is 5.45. The highest BCUT2D eigenvalue weighted by Crippen LogP contribution is 2.23. The van der Waals surface area contributed by atoms with Gasteiger partial charge >= 0.3 is 0 Å². The fourth-order valence-corrected chi connectivity index (χ4v) is 2.67. The van der Waals surface area contributed by atoms with Gasteiger partial charge in [-0.2, -0.15) is 0 Å². The van der Waals surface area contributed by atoms with Crippen molar-refractivity contribution in [2.75, 3.05) is 7.05 Å². The normalized spacial score (nSPS) is 14.5. The van der Waals surface area contributed by atoms with Crippen molar-refractivity contribution in [2.24, 2.45) is 4.99 Å². The predicted molar refractivity (Wildman–Crippen MR) is 64.1 cm³/mol. The van der Waals surface area contributed by atoms with Gasteiger partial charge < -0.3 is 0 Å². The summed E-state index contributed by atoms with van der Waals surface area (Å²) in [6, 6.07) is 4.20.